The zero-order valence-electron chi connectivity index (χ0n) is 17.1. The quantitative estimate of drug-likeness (QED) is 0.194. The molecule has 160 valence electrons. The van der Waals surface area contributed by atoms with E-state index in [1.165, 1.54) is 26.9 Å². The molecule has 4 aromatic carbocycles. The van der Waals surface area contributed by atoms with Gasteiger partial charge in [-0.05, 0) is 50.5 Å². The molecule has 33 heavy (non-hydrogen) atoms. The molecule has 1 fully saturated rings. The van der Waals surface area contributed by atoms with Crippen LogP contribution in [0.25, 0.3) is 49.7 Å². The van der Waals surface area contributed by atoms with E-state index in [0.29, 0.717) is 16.4 Å². The molecule has 0 aliphatic carbocycles. The van der Waals surface area contributed by atoms with E-state index in [0.717, 1.165) is 27.6 Å². The van der Waals surface area contributed by atoms with Gasteiger partial charge in [0.15, 0.2) is 0 Å². The van der Waals surface area contributed by atoms with Crippen molar-refractivity contribution in [3.05, 3.63) is 77.4 Å². The summed E-state index contributed by atoms with van der Waals surface area (Å²) in [4.78, 5) is 25.0. The standard InChI is InChI=1S/C26H15NO4S2/c28-22(29)13-27-25(30)21(33-26(27)32)12-17-8-11-20(31-17)18-9-6-16-5-4-14-2-1-3-15-7-10-19(18)24(16)23(14)15/h1-12H,13H2,(H,28,29)/b21-12-. The van der Waals surface area contributed by atoms with E-state index in [1.807, 2.05) is 6.07 Å². The smallest absolute Gasteiger partial charge is 0.323 e. The van der Waals surface area contributed by atoms with Crippen molar-refractivity contribution in [1.29, 1.82) is 0 Å². The van der Waals surface area contributed by atoms with E-state index in [4.69, 9.17) is 21.7 Å². The molecule has 1 aliphatic heterocycles. The van der Waals surface area contributed by atoms with Crippen LogP contribution in [-0.2, 0) is 9.59 Å². The number of aliphatic carboxylic acids is 1. The van der Waals surface area contributed by atoms with Gasteiger partial charge in [0.25, 0.3) is 5.91 Å². The highest BCUT2D eigenvalue weighted by Crippen LogP contribution is 2.40. The number of thioether (sulfide) groups is 1. The molecule has 6 rings (SSSR count). The molecule has 1 aliphatic rings. The minimum atomic E-state index is -1.11. The van der Waals surface area contributed by atoms with Crippen LogP contribution in [0.4, 0.5) is 0 Å². The van der Waals surface area contributed by atoms with Crippen molar-refractivity contribution >= 4 is 78.6 Å². The molecule has 0 bridgehead atoms. The number of thiocarbonyl (C=S) groups is 1. The second kappa shape index (κ2) is 7.43. The van der Waals surface area contributed by atoms with Gasteiger partial charge in [-0.1, -0.05) is 72.5 Å². The van der Waals surface area contributed by atoms with Gasteiger partial charge in [-0.3, -0.25) is 14.5 Å². The highest BCUT2D eigenvalue weighted by atomic mass is 32.2. The number of furan rings is 1. The Kier molecular flexibility index (Phi) is 4.50. The number of amides is 1. The highest BCUT2D eigenvalue weighted by Gasteiger charge is 2.33. The lowest BCUT2D eigenvalue weighted by atomic mass is 9.91. The van der Waals surface area contributed by atoms with Crippen LogP contribution < -0.4 is 0 Å². The Hall–Kier alpha value is -3.68. The number of carbonyl (C=O) groups is 2. The van der Waals surface area contributed by atoms with Crippen LogP contribution in [0, 0.1) is 0 Å². The van der Waals surface area contributed by atoms with Gasteiger partial charge in [-0.15, -0.1) is 0 Å². The second-order valence-corrected chi connectivity index (χ2v) is 9.51. The maximum atomic E-state index is 12.5. The number of carbonyl (C=O) groups excluding carboxylic acids is 1. The van der Waals surface area contributed by atoms with Crippen molar-refractivity contribution in [3.63, 3.8) is 0 Å². The fourth-order valence-electron chi connectivity index (χ4n) is 4.43. The van der Waals surface area contributed by atoms with E-state index in [1.54, 1.807) is 12.1 Å². The second-order valence-electron chi connectivity index (χ2n) is 7.83. The van der Waals surface area contributed by atoms with Crippen LogP contribution in [0.2, 0.25) is 0 Å². The van der Waals surface area contributed by atoms with Crippen LogP contribution in [-0.4, -0.2) is 32.7 Å². The van der Waals surface area contributed by atoms with Crippen molar-refractivity contribution in [2.45, 2.75) is 0 Å². The molecule has 2 heterocycles. The topological polar surface area (TPSA) is 70.8 Å². The molecule has 1 saturated heterocycles. The number of rotatable bonds is 4. The van der Waals surface area contributed by atoms with Crippen molar-refractivity contribution in [2.75, 3.05) is 6.54 Å². The lowest BCUT2D eigenvalue weighted by Gasteiger charge is -2.12. The first-order valence-corrected chi connectivity index (χ1v) is 11.5. The van der Waals surface area contributed by atoms with Gasteiger partial charge < -0.3 is 9.52 Å². The Balaban J connectivity index is 1.43. The Bertz CT molecular complexity index is 1630. The lowest BCUT2D eigenvalue weighted by Crippen LogP contribution is -2.33. The van der Waals surface area contributed by atoms with Crippen LogP contribution >= 0.6 is 24.0 Å². The predicted octanol–water partition coefficient (Wildman–Crippen LogP) is 6.13. The zero-order valence-corrected chi connectivity index (χ0v) is 18.7. The zero-order chi connectivity index (χ0) is 22.7. The Morgan fingerprint density at radius 2 is 1.67 bits per heavy atom. The molecule has 0 spiro atoms. The van der Waals surface area contributed by atoms with Crippen molar-refractivity contribution in [1.82, 2.24) is 4.90 Å². The first-order valence-electron chi connectivity index (χ1n) is 10.2. The third-order valence-electron chi connectivity index (χ3n) is 5.86. The van der Waals surface area contributed by atoms with Crippen LogP contribution in [0.3, 0.4) is 0 Å². The molecule has 1 N–H and O–H groups in total. The van der Waals surface area contributed by atoms with Crippen LogP contribution in [0.5, 0.6) is 0 Å². The molecular formula is C26H15NO4S2. The molecule has 7 heteroatoms. The summed E-state index contributed by atoms with van der Waals surface area (Å²) in [6, 6.07) is 22.7. The van der Waals surface area contributed by atoms with E-state index in [2.05, 4.69) is 54.6 Å². The first-order chi connectivity index (χ1) is 16.0. The fourth-order valence-corrected chi connectivity index (χ4v) is 5.66. The Morgan fingerprint density at radius 1 is 0.970 bits per heavy atom. The summed E-state index contributed by atoms with van der Waals surface area (Å²) in [5.41, 5.74) is 0.971. The molecule has 1 aromatic heterocycles. The molecule has 1 amide bonds. The molecule has 0 radical (unpaired) electrons. The number of nitrogens with zero attached hydrogens (tertiary/aromatic N) is 1. The minimum absolute atomic E-state index is 0.229. The maximum Gasteiger partial charge on any atom is 0.323 e. The predicted molar refractivity (Wildman–Crippen MR) is 135 cm³/mol. The Morgan fingerprint density at radius 3 is 2.42 bits per heavy atom. The van der Waals surface area contributed by atoms with Gasteiger partial charge in [0.05, 0.1) is 4.91 Å². The number of benzene rings is 4. The molecule has 5 nitrogen and oxygen atoms in total. The molecule has 0 atom stereocenters. The number of hydrogen-bond donors (Lipinski definition) is 1. The SMILES string of the molecule is O=C(O)CN1C(=O)/C(=C/c2ccc(-c3ccc4ccc5cccc6ccc3c4c56)o2)SC1=S. The largest absolute Gasteiger partial charge is 0.480 e. The molecule has 0 saturated carbocycles. The summed E-state index contributed by atoms with van der Waals surface area (Å²) >= 11 is 6.24. The van der Waals surface area contributed by atoms with Crippen LogP contribution in [0.15, 0.2) is 76.1 Å². The van der Waals surface area contributed by atoms with Gasteiger partial charge in [0.2, 0.25) is 0 Å². The van der Waals surface area contributed by atoms with E-state index >= 15 is 0 Å². The Labute approximate surface area is 197 Å². The number of carboxylic acid groups (broad SMARTS) is 1. The van der Waals surface area contributed by atoms with Gasteiger partial charge >= 0.3 is 5.97 Å². The fraction of sp³-hybridized carbons (Fsp3) is 0.0385. The summed E-state index contributed by atoms with van der Waals surface area (Å²) in [6.07, 6.45) is 1.61. The van der Waals surface area contributed by atoms with Crippen molar-refractivity contribution < 1.29 is 19.1 Å². The summed E-state index contributed by atoms with van der Waals surface area (Å²) in [6.45, 7) is -0.450. The normalized spacial score (nSPS) is 15.6. The van der Waals surface area contributed by atoms with E-state index < -0.39 is 18.4 Å². The maximum absolute atomic E-state index is 12.5. The van der Waals surface area contributed by atoms with Gasteiger partial charge in [-0.25, -0.2) is 0 Å². The highest BCUT2D eigenvalue weighted by molar-refractivity contribution is 8.26. The molecule has 5 aromatic rings. The van der Waals surface area contributed by atoms with Gasteiger partial charge in [-0.2, -0.15) is 0 Å². The molecule has 0 unspecified atom stereocenters. The number of carboxylic acids is 1. The average molecular weight is 470 g/mol. The van der Waals surface area contributed by atoms with Gasteiger partial charge in [0.1, 0.15) is 22.4 Å². The van der Waals surface area contributed by atoms with Crippen molar-refractivity contribution in [3.8, 4) is 11.3 Å². The van der Waals surface area contributed by atoms with E-state index in [9.17, 15) is 9.59 Å². The summed E-state index contributed by atoms with van der Waals surface area (Å²) < 4.78 is 6.33. The van der Waals surface area contributed by atoms with Crippen LogP contribution in [0.1, 0.15) is 5.76 Å². The third kappa shape index (κ3) is 3.20. The van der Waals surface area contributed by atoms with Crippen molar-refractivity contribution in [2.24, 2.45) is 0 Å². The summed E-state index contributed by atoms with van der Waals surface area (Å²) in [5, 5.41) is 16.1. The lowest BCUT2D eigenvalue weighted by molar-refractivity contribution is -0.140. The monoisotopic (exact) mass is 469 g/mol. The van der Waals surface area contributed by atoms with Gasteiger partial charge in [0, 0.05) is 11.6 Å². The first kappa shape index (κ1) is 20.0. The number of hydrogen-bond acceptors (Lipinski definition) is 5. The van der Waals surface area contributed by atoms with E-state index in [-0.39, 0.29) is 4.32 Å². The summed E-state index contributed by atoms with van der Waals surface area (Å²) in [5.74, 6) is -0.332. The average Bonchev–Trinajstić information content (AvgIpc) is 3.37. The molecular weight excluding hydrogens is 454 g/mol. The minimum Gasteiger partial charge on any atom is -0.480 e. The summed E-state index contributed by atoms with van der Waals surface area (Å²) in [7, 11) is 0. The third-order valence-corrected chi connectivity index (χ3v) is 7.24.